The number of nitrogen functional groups attached to an aromatic ring is 1. The number of aryl methyl sites for hydroxylation is 3. The summed E-state index contributed by atoms with van der Waals surface area (Å²) in [6.07, 6.45) is 3.92. The van der Waals surface area contributed by atoms with Crippen LogP contribution in [0.25, 0.3) is 11.3 Å². The van der Waals surface area contributed by atoms with E-state index in [1.165, 1.54) is 22.3 Å². The van der Waals surface area contributed by atoms with Gasteiger partial charge in [0.25, 0.3) is 0 Å². The van der Waals surface area contributed by atoms with E-state index in [9.17, 15) is 0 Å². The molecule has 1 heterocycles. The second-order valence-electron chi connectivity index (χ2n) is 4.26. The van der Waals surface area contributed by atoms with Crippen molar-refractivity contribution in [3.8, 4) is 11.3 Å². The molecule has 0 bridgehead atoms. The van der Waals surface area contributed by atoms with Crippen molar-refractivity contribution >= 4 is 5.95 Å². The quantitative estimate of drug-likeness (QED) is 0.726. The Balaban J connectivity index is 2.28. The SMILES string of the molecule is Cc1ccc2c(c1)-c1nc(N)ncc1CC2. The predicted molar refractivity (Wildman–Crippen MR) is 64.0 cm³/mol. The van der Waals surface area contributed by atoms with E-state index in [0.29, 0.717) is 5.95 Å². The van der Waals surface area contributed by atoms with Crippen LogP contribution in [0.2, 0.25) is 0 Å². The summed E-state index contributed by atoms with van der Waals surface area (Å²) in [5, 5.41) is 0. The minimum absolute atomic E-state index is 0.355. The molecule has 3 rings (SSSR count). The molecule has 16 heavy (non-hydrogen) atoms. The van der Waals surface area contributed by atoms with Crippen LogP contribution >= 0.6 is 0 Å². The van der Waals surface area contributed by atoms with Gasteiger partial charge in [0.05, 0.1) is 5.69 Å². The molecule has 1 aliphatic carbocycles. The molecule has 3 heteroatoms. The van der Waals surface area contributed by atoms with Crippen molar-refractivity contribution in [2.24, 2.45) is 0 Å². The van der Waals surface area contributed by atoms with E-state index in [-0.39, 0.29) is 0 Å². The van der Waals surface area contributed by atoms with Crippen LogP contribution in [0.5, 0.6) is 0 Å². The van der Waals surface area contributed by atoms with E-state index < -0.39 is 0 Å². The van der Waals surface area contributed by atoms with Crippen molar-refractivity contribution in [2.45, 2.75) is 19.8 Å². The molecule has 0 radical (unpaired) electrons. The topological polar surface area (TPSA) is 51.8 Å². The molecule has 0 aliphatic heterocycles. The highest BCUT2D eigenvalue weighted by Crippen LogP contribution is 2.32. The summed E-state index contributed by atoms with van der Waals surface area (Å²) >= 11 is 0. The second kappa shape index (κ2) is 3.30. The van der Waals surface area contributed by atoms with Gasteiger partial charge in [0.1, 0.15) is 0 Å². The first-order valence-corrected chi connectivity index (χ1v) is 5.45. The largest absolute Gasteiger partial charge is 0.368 e. The number of aromatic nitrogens is 2. The van der Waals surface area contributed by atoms with Crippen molar-refractivity contribution in [1.29, 1.82) is 0 Å². The van der Waals surface area contributed by atoms with Gasteiger partial charge in [-0.25, -0.2) is 9.97 Å². The van der Waals surface area contributed by atoms with E-state index in [0.717, 1.165) is 18.5 Å². The first kappa shape index (κ1) is 9.33. The van der Waals surface area contributed by atoms with Crippen molar-refractivity contribution in [3.63, 3.8) is 0 Å². The smallest absolute Gasteiger partial charge is 0.220 e. The fraction of sp³-hybridized carbons (Fsp3) is 0.231. The normalized spacial score (nSPS) is 13.1. The Morgan fingerprint density at radius 3 is 2.88 bits per heavy atom. The summed E-state index contributed by atoms with van der Waals surface area (Å²) in [6.45, 7) is 2.10. The molecule has 1 aliphatic rings. The fourth-order valence-corrected chi connectivity index (χ4v) is 2.23. The van der Waals surface area contributed by atoms with Crippen LogP contribution in [-0.2, 0) is 12.8 Å². The maximum Gasteiger partial charge on any atom is 0.220 e. The molecule has 0 saturated heterocycles. The van der Waals surface area contributed by atoms with Crippen molar-refractivity contribution in [3.05, 3.63) is 41.1 Å². The van der Waals surface area contributed by atoms with Crippen LogP contribution in [0.4, 0.5) is 5.95 Å². The Morgan fingerprint density at radius 1 is 1.19 bits per heavy atom. The number of anilines is 1. The third kappa shape index (κ3) is 1.36. The highest BCUT2D eigenvalue weighted by atomic mass is 15.0. The molecule has 0 amide bonds. The van der Waals surface area contributed by atoms with Crippen molar-refractivity contribution in [1.82, 2.24) is 9.97 Å². The number of nitrogens with zero attached hydrogens (tertiary/aromatic N) is 2. The first-order chi connectivity index (χ1) is 7.74. The molecule has 3 nitrogen and oxygen atoms in total. The van der Waals surface area contributed by atoms with Crippen LogP contribution in [-0.4, -0.2) is 9.97 Å². The number of fused-ring (bicyclic) bond motifs is 3. The maximum atomic E-state index is 5.65. The Labute approximate surface area is 94.4 Å². The Bertz CT molecular complexity index is 510. The summed E-state index contributed by atoms with van der Waals surface area (Å²) in [4.78, 5) is 8.42. The summed E-state index contributed by atoms with van der Waals surface area (Å²) in [7, 11) is 0. The molecule has 0 saturated carbocycles. The van der Waals surface area contributed by atoms with Crippen molar-refractivity contribution < 1.29 is 0 Å². The summed E-state index contributed by atoms with van der Waals surface area (Å²) in [5.74, 6) is 0.355. The van der Waals surface area contributed by atoms with Gasteiger partial charge < -0.3 is 5.73 Å². The highest BCUT2D eigenvalue weighted by Gasteiger charge is 2.17. The van der Waals surface area contributed by atoms with E-state index in [1.54, 1.807) is 0 Å². The zero-order chi connectivity index (χ0) is 11.1. The zero-order valence-corrected chi connectivity index (χ0v) is 9.20. The van der Waals surface area contributed by atoms with E-state index in [2.05, 4.69) is 35.1 Å². The van der Waals surface area contributed by atoms with Gasteiger partial charge in [0, 0.05) is 11.8 Å². The van der Waals surface area contributed by atoms with Crippen LogP contribution in [0.1, 0.15) is 16.7 Å². The molecule has 0 spiro atoms. The third-order valence-electron chi connectivity index (χ3n) is 3.07. The van der Waals surface area contributed by atoms with E-state index >= 15 is 0 Å². The fourth-order valence-electron chi connectivity index (χ4n) is 2.23. The van der Waals surface area contributed by atoms with Crippen LogP contribution in [0.3, 0.4) is 0 Å². The predicted octanol–water partition coefficient (Wildman–Crippen LogP) is 2.13. The number of hydrogen-bond acceptors (Lipinski definition) is 3. The zero-order valence-electron chi connectivity index (χ0n) is 9.20. The molecule has 1 aromatic carbocycles. The minimum atomic E-state index is 0.355. The van der Waals surface area contributed by atoms with E-state index in [1.807, 2.05) is 6.20 Å². The molecule has 2 aromatic rings. The van der Waals surface area contributed by atoms with Gasteiger partial charge in [-0.2, -0.15) is 0 Å². The molecule has 0 fully saturated rings. The number of benzene rings is 1. The average Bonchev–Trinajstić information content (AvgIpc) is 2.29. The summed E-state index contributed by atoms with van der Waals surface area (Å²) < 4.78 is 0. The summed E-state index contributed by atoms with van der Waals surface area (Å²) in [6, 6.07) is 6.51. The molecule has 1 aromatic heterocycles. The first-order valence-electron chi connectivity index (χ1n) is 5.45. The monoisotopic (exact) mass is 211 g/mol. The van der Waals surface area contributed by atoms with Gasteiger partial charge >= 0.3 is 0 Å². The Hall–Kier alpha value is -1.90. The maximum absolute atomic E-state index is 5.65. The standard InChI is InChI=1S/C13H13N3/c1-8-2-3-9-4-5-10-7-15-13(14)16-12(10)11(9)6-8/h2-3,6-7H,4-5H2,1H3,(H2,14,15,16). The Kier molecular flexibility index (Phi) is 1.93. The van der Waals surface area contributed by atoms with E-state index in [4.69, 9.17) is 5.73 Å². The lowest BCUT2D eigenvalue weighted by atomic mass is 9.89. The van der Waals surface area contributed by atoms with Gasteiger partial charge in [-0.05, 0) is 37.0 Å². The van der Waals surface area contributed by atoms with Gasteiger partial charge in [-0.3, -0.25) is 0 Å². The lowest BCUT2D eigenvalue weighted by Gasteiger charge is -2.18. The van der Waals surface area contributed by atoms with Gasteiger partial charge in [-0.1, -0.05) is 17.7 Å². The van der Waals surface area contributed by atoms with Gasteiger partial charge in [0.2, 0.25) is 5.95 Å². The van der Waals surface area contributed by atoms with Crippen LogP contribution in [0.15, 0.2) is 24.4 Å². The van der Waals surface area contributed by atoms with Gasteiger partial charge in [-0.15, -0.1) is 0 Å². The lowest BCUT2D eigenvalue weighted by Crippen LogP contribution is -2.08. The number of hydrogen-bond donors (Lipinski definition) is 1. The molecule has 0 unspecified atom stereocenters. The molecule has 0 atom stereocenters. The minimum Gasteiger partial charge on any atom is -0.368 e. The highest BCUT2D eigenvalue weighted by molar-refractivity contribution is 5.70. The number of nitrogens with two attached hydrogens (primary N) is 1. The molecule has 80 valence electrons. The number of rotatable bonds is 0. The van der Waals surface area contributed by atoms with Crippen LogP contribution in [0, 0.1) is 6.92 Å². The average molecular weight is 211 g/mol. The molecular weight excluding hydrogens is 198 g/mol. The molecular formula is C13H13N3. The van der Waals surface area contributed by atoms with Crippen LogP contribution < -0.4 is 5.73 Å². The molecule has 2 N–H and O–H groups in total. The van der Waals surface area contributed by atoms with Gasteiger partial charge in [0.15, 0.2) is 0 Å². The Morgan fingerprint density at radius 2 is 2.00 bits per heavy atom. The third-order valence-corrected chi connectivity index (χ3v) is 3.07. The second-order valence-corrected chi connectivity index (χ2v) is 4.26. The lowest BCUT2D eigenvalue weighted by molar-refractivity contribution is 0.912. The van der Waals surface area contributed by atoms with Crippen molar-refractivity contribution in [2.75, 3.05) is 5.73 Å². The summed E-state index contributed by atoms with van der Waals surface area (Å²) in [5.41, 5.74) is 11.7.